The van der Waals surface area contributed by atoms with Crippen molar-refractivity contribution in [2.24, 2.45) is 0 Å². The number of halogens is 2. The average molecular weight is 564 g/mol. The summed E-state index contributed by atoms with van der Waals surface area (Å²) in [7, 11) is -3.76. The molecule has 0 aliphatic carbocycles. The van der Waals surface area contributed by atoms with Gasteiger partial charge in [-0.1, -0.05) is 23.2 Å². The SMILES string of the molecule is CS(=O)(=O)Nc1nc(NCCNc2ncc(-c3ncc[nH]3)c(-c3ccc(Cl)cc3Cl)n2)ccc1[N+](=O)[O-]. The number of rotatable bonds is 10. The van der Waals surface area contributed by atoms with Gasteiger partial charge in [-0.2, -0.15) is 0 Å². The van der Waals surface area contributed by atoms with Crippen molar-refractivity contribution in [3.8, 4) is 22.6 Å². The van der Waals surface area contributed by atoms with Crippen molar-refractivity contribution < 1.29 is 13.3 Å². The molecular weight excluding hydrogens is 545 g/mol. The zero-order valence-electron chi connectivity index (χ0n) is 19.1. The number of hydrogen-bond donors (Lipinski definition) is 4. The molecule has 16 heteroatoms. The van der Waals surface area contributed by atoms with E-state index >= 15 is 0 Å². The fourth-order valence-corrected chi connectivity index (χ4v) is 4.25. The minimum Gasteiger partial charge on any atom is -0.368 e. The molecule has 4 aromatic rings. The van der Waals surface area contributed by atoms with Crippen molar-refractivity contribution in [1.82, 2.24) is 24.9 Å². The smallest absolute Gasteiger partial charge is 0.312 e. The Morgan fingerprint density at radius 1 is 1.05 bits per heavy atom. The Kier molecular flexibility index (Phi) is 7.71. The molecule has 0 bridgehead atoms. The second-order valence-electron chi connectivity index (χ2n) is 7.57. The summed E-state index contributed by atoms with van der Waals surface area (Å²) in [5.74, 6) is 0.735. The van der Waals surface area contributed by atoms with E-state index in [0.29, 0.717) is 51.7 Å². The Hall–Kier alpha value is -4.01. The first-order valence-electron chi connectivity index (χ1n) is 10.5. The molecule has 0 saturated heterocycles. The Morgan fingerprint density at radius 3 is 2.51 bits per heavy atom. The highest BCUT2D eigenvalue weighted by molar-refractivity contribution is 7.92. The molecular formula is C21H19Cl2N9O4S. The van der Waals surface area contributed by atoms with Crippen molar-refractivity contribution in [2.45, 2.75) is 0 Å². The zero-order valence-corrected chi connectivity index (χ0v) is 21.4. The third kappa shape index (κ3) is 6.61. The summed E-state index contributed by atoms with van der Waals surface area (Å²) in [5, 5.41) is 18.1. The molecule has 0 spiro atoms. The fraction of sp³-hybridized carbons (Fsp3) is 0.143. The van der Waals surface area contributed by atoms with Gasteiger partial charge in [-0.25, -0.2) is 28.4 Å². The highest BCUT2D eigenvalue weighted by Crippen LogP contribution is 2.35. The van der Waals surface area contributed by atoms with E-state index in [2.05, 4.69) is 40.3 Å². The van der Waals surface area contributed by atoms with Gasteiger partial charge >= 0.3 is 5.69 Å². The number of nitro groups is 1. The summed E-state index contributed by atoms with van der Waals surface area (Å²) in [5.41, 5.74) is 1.35. The number of pyridine rings is 1. The predicted octanol–water partition coefficient (Wildman–Crippen LogP) is 4.04. The minimum atomic E-state index is -3.76. The topological polar surface area (TPSA) is 181 Å². The molecule has 0 unspecified atom stereocenters. The summed E-state index contributed by atoms with van der Waals surface area (Å²) < 4.78 is 25.1. The van der Waals surface area contributed by atoms with E-state index in [-0.39, 0.29) is 11.6 Å². The molecule has 0 saturated carbocycles. The molecule has 0 fully saturated rings. The number of nitrogens with zero attached hydrogens (tertiary/aromatic N) is 5. The van der Waals surface area contributed by atoms with Crippen LogP contribution in [-0.2, 0) is 10.0 Å². The zero-order chi connectivity index (χ0) is 26.6. The number of imidazole rings is 1. The fourth-order valence-electron chi connectivity index (χ4n) is 3.25. The molecule has 192 valence electrons. The summed E-state index contributed by atoms with van der Waals surface area (Å²) in [6.45, 7) is 0.644. The van der Waals surface area contributed by atoms with Gasteiger partial charge in [-0.15, -0.1) is 0 Å². The maximum absolute atomic E-state index is 11.5. The normalized spacial score (nSPS) is 11.2. The molecule has 13 nitrogen and oxygen atoms in total. The van der Waals surface area contributed by atoms with E-state index in [1.165, 1.54) is 6.07 Å². The van der Waals surface area contributed by atoms with Crippen LogP contribution in [0.1, 0.15) is 0 Å². The number of aromatic amines is 1. The second-order valence-corrected chi connectivity index (χ2v) is 10.2. The molecule has 37 heavy (non-hydrogen) atoms. The first-order chi connectivity index (χ1) is 17.6. The van der Waals surface area contributed by atoms with Crippen molar-refractivity contribution in [1.29, 1.82) is 0 Å². The highest BCUT2D eigenvalue weighted by atomic mass is 35.5. The molecule has 0 radical (unpaired) electrons. The maximum Gasteiger partial charge on any atom is 0.312 e. The van der Waals surface area contributed by atoms with Gasteiger partial charge in [-0.3, -0.25) is 14.8 Å². The number of sulfonamides is 1. The number of H-pyrrole nitrogens is 1. The average Bonchev–Trinajstić information content (AvgIpc) is 3.35. The molecule has 0 atom stereocenters. The van der Waals surface area contributed by atoms with Crippen LogP contribution in [0.2, 0.25) is 10.0 Å². The summed E-state index contributed by atoms with van der Waals surface area (Å²) >= 11 is 12.5. The quantitative estimate of drug-likeness (QED) is 0.125. The molecule has 0 aliphatic rings. The highest BCUT2D eigenvalue weighted by Gasteiger charge is 2.19. The largest absolute Gasteiger partial charge is 0.368 e. The van der Waals surface area contributed by atoms with Gasteiger partial charge in [0.05, 0.1) is 27.5 Å². The van der Waals surface area contributed by atoms with Gasteiger partial charge in [0.25, 0.3) is 0 Å². The number of benzene rings is 1. The first-order valence-corrected chi connectivity index (χ1v) is 13.2. The number of anilines is 3. The Labute approximate surface area is 220 Å². The third-order valence-corrected chi connectivity index (χ3v) is 5.91. The maximum atomic E-state index is 11.5. The van der Waals surface area contributed by atoms with E-state index in [9.17, 15) is 18.5 Å². The van der Waals surface area contributed by atoms with Crippen LogP contribution >= 0.6 is 23.2 Å². The van der Waals surface area contributed by atoms with Crippen LogP contribution in [0.4, 0.5) is 23.3 Å². The molecule has 0 amide bonds. The van der Waals surface area contributed by atoms with E-state index < -0.39 is 20.6 Å². The van der Waals surface area contributed by atoms with Crippen LogP contribution in [0.3, 0.4) is 0 Å². The van der Waals surface area contributed by atoms with Crippen molar-refractivity contribution in [2.75, 3.05) is 34.7 Å². The third-order valence-electron chi connectivity index (χ3n) is 4.80. The van der Waals surface area contributed by atoms with Crippen LogP contribution in [-0.4, -0.2) is 57.6 Å². The molecule has 3 heterocycles. The van der Waals surface area contributed by atoms with Gasteiger partial charge in [0.15, 0.2) is 0 Å². The lowest BCUT2D eigenvalue weighted by atomic mass is 10.1. The number of aromatic nitrogens is 5. The standard InChI is InChI=1S/C21H19Cl2N9O4S/c1-37(35,36)31-20-16(32(33)34)4-5-17(29-20)24-6-9-27-21-28-11-14(19-25-7-8-26-19)18(30-21)13-3-2-12(22)10-15(13)23/h2-5,7-8,10-11H,6,9H2,1H3,(H,25,26)(H2,24,29,31)(H,27,28,30). The lowest BCUT2D eigenvalue weighted by Gasteiger charge is -2.12. The van der Waals surface area contributed by atoms with Gasteiger partial charge in [0, 0.05) is 48.3 Å². The number of nitrogens with one attached hydrogen (secondary N) is 4. The van der Waals surface area contributed by atoms with Gasteiger partial charge in [0.2, 0.25) is 21.8 Å². The predicted molar refractivity (Wildman–Crippen MR) is 141 cm³/mol. The molecule has 1 aromatic carbocycles. The van der Waals surface area contributed by atoms with E-state index in [0.717, 1.165) is 12.3 Å². The van der Waals surface area contributed by atoms with Gasteiger partial charge in [0.1, 0.15) is 11.6 Å². The minimum absolute atomic E-state index is 0.237. The molecule has 4 N–H and O–H groups in total. The summed E-state index contributed by atoms with van der Waals surface area (Å²) in [6, 6.07) is 7.62. The van der Waals surface area contributed by atoms with E-state index in [1.807, 2.05) is 0 Å². The Bertz CT molecular complexity index is 1550. The first kappa shape index (κ1) is 26.1. The van der Waals surface area contributed by atoms with Crippen molar-refractivity contribution >= 4 is 56.5 Å². The van der Waals surface area contributed by atoms with E-state index in [4.69, 9.17) is 23.2 Å². The monoisotopic (exact) mass is 563 g/mol. The van der Waals surface area contributed by atoms with Gasteiger partial charge in [-0.05, 0) is 24.3 Å². The number of hydrogen-bond acceptors (Lipinski definition) is 10. The summed E-state index contributed by atoms with van der Waals surface area (Å²) in [4.78, 5) is 30.7. The van der Waals surface area contributed by atoms with E-state index in [1.54, 1.807) is 36.8 Å². The van der Waals surface area contributed by atoms with Crippen LogP contribution in [0.15, 0.2) is 48.9 Å². The van der Waals surface area contributed by atoms with Crippen LogP contribution in [0, 0.1) is 10.1 Å². The van der Waals surface area contributed by atoms with Crippen LogP contribution in [0.5, 0.6) is 0 Å². The van der Waals surface area contributed by atoms with Crippen LogP contribution in [0.25, 0.3) is 22.6 Å². The molecule has 4 rings (SSSR count). The molecule has 0 aliphatic heterocycles. The van der Waals surface area contributed by atoms with Crippen molar-refractivity contribution in [3.63, 3.8) is 0 Å². The Morgan fingerprint density at radius 2 is 1.84 bits per heavy atom. The van der Waals surface area contributed by atoms with Crippen LogP contribution < -0.4 is 15.4 Å². The molecule has 3 aromatic heterocycles. The lowest BCUT2D eigenvalue weighted by Crippen LogP contribution is -2.17. The second kappa shape index (κ2) is 10.9. The van der Waals surface area contributed by atoms with Gasteiger partial charge < -0.3 is 15.6 Å². The summed E-state index contributed by atoms with van der Waals surface area (Å²) in [6.07, 6.45) is 5.79. The lowest BCUT2D eigenvalue weighted by molar-refractivity contribution is -0.384. The Balaban J connectivity index is 1.49. The van der Waals surface area contributed by atoms with Crippen molar-refractivity contribution in [3.05, 3.63) is 69.1 Å².